The molecule has 3 atom stereocenters. The number of hydrogen-bond donors (Lipinski definition) is 1. The van der Waals surface area contributed by atoms with Gasteiger partial charge >= 0.3 is 0 Å². The summed E-state index contributed by atoms with van der Waals surface area (Å²) in [5.74, 6) is 0. The zero-order valence-electron chi connectivity index (χ0n) is 6.41. The van der Waals surface area contributed by atoms with Gasteiger partial charge in [0, 0.05) is 13.5 Å². The first-order chi connectivity index (χ1) is 4.72. The molecular weight excluding hydrogens is 132 g/mol. The van der Waals surface area contributed by atoms with Crippen LogP contribution in [0.2, 0.25) is 0 Å². The molecule has 1 rings (SSSR count). The van der Waals surface area contributed by atoms with E-state index in [1.165, 1.54) is 0 Å². The molecule has 0 radical (unpaired) electrons. The lowest BCUT2D eigenvalue weighted by Crippen LogP contribution is -2.34. The Bertz CT molecular complexity index is 95.0. The van der Waals surface area contributed by atoms with Gasteiger partial charge < -0.3 is 14.6 Å². The van der Waals surface area contributed by atoms with Gasteiger partial charge in [-0.15, -0.1) is 0 Å². The van der Waals surface area contributed by atoms with E-state index in [0.29, 0.717) is 6.42 Å². The van der Waals surface area contributed by atoms with Crippen LogP contribution in [0.3, 0.4) is 0 Å². The molecule has 1 unspecified atom stereocenters. The number of rotatable bonds is 1. The number of methoxy groups -OCH3 is 1. The molecule has 0 aromatic rings. The molecule has 0 spiro atoms. The molecule has 0 aliphatic carbocycles. The highest BCUT2D eigenvalue weighted by Gasteiger charge is 2.24. The molecule has 0 amide bonds. The van der Waals surface area contributed by atoms with Crippen LogP contribution in [0.25, 0.3) is 0 Å². The minimum atomic E-state index is -0.631. The number of aliphatic hydroxyl groups is 1. The van der Waals surface area contributed by atoms with Gasteiger partial charge in [-0.1, -0.05) is 0 Å². The Morgan fingerprint density at radius 3 is 2.70 bits per heavy atom. The monoisotopic (exact) mass is 146 g/mol. The van der Waals surface area contributed by atoms with E-state index in [1.54, 1.807) is 7.11 Å². The third kappa shape index (κ3) is 1.94. The molecule has 1 fully saturated rings. The van der Waals surface area contributed by atoms with Gasteiger partial charge in [0.1, 0.15) is 0 Å². The molecule has 0 aromatic heterocycles. The Morgan fingerprint density at radius 1 is 1.50 bits per heavy atom. The largest absolute Gasteiger partial charge is 0.381 e. The second-order valence-corrected chi connectivity index (χ2v) is 2.73. The Labute approximate surface area is 60.9 Å². The molecule has 10 heavy (non-hydrogen) atoms. The SMILES string of the molecule is COC1C[C@@H](C)O[C@@H](O)C1. The molecule has 1 aliphatic rings. The van der Waals surface area contributed by atoms with Crippen LogP contribution >= 0.6 is 0 Å². The maximum Gasteiger partial charge on any atom is 0.157 e. The second kappa shape index (κ2) is 3.32. The van der Waals surface area contributed by atoms with Crippen molar-refractivity contribution in [3.63, 3.8) is 0 Å². The molecule has 0 bridgehead atoms. The average Bonchev–Trinajstić information content (AvgIpc) is 1.85. The van der Waals surface area contributed by atoms with Crippen LogP contribution in [-0.2, 0) is 9.47 Å². The van der Waals surface area contributed by atoms with Crippen molar-refractivity contribution in [2.45, 2.75) is 38.3 Å². The van der Waals surface area contributed by atoms with Gasteiger partial charge in [0.15, 0.2) is 6.29 Å². The van der Waals surface area contributed by atoms with Gasteiger partial charge in [-0.05, 0) is 13.3 Å². The van der Waals surface area contributed by atoms with E-state index in [2.05, 4.69) is 0 Å². The highest BCUT2D eigenvalue weighted by molar-refractivity contribution is 4.69. The lowest BCUT2D eigenvalue weighted by Gasteiger charge is -2.29. The van der Waals surface area contributed by atoms with E-state index in [4.69, 9.17) is 14.6 Å². The normalized spacial score (nSPS) is 41.7. The fourth-order valence-corrected chi connectivity index (χ4v) is 1.26. The minimum Gasteiger partial charge on any atom is -0.381 e. The standard InChI is InChI=1S/C7H14O3/c1-5-3-6(9-2)4-7(8)10-5/h5-8H,3-4H2,1-2H3/t5-,6?,7-/m1/s1. The van der Waals surface area contributed by atoms with Crippen molar-refractivity contribution in [2.24, 2.45) is 0 Å². The van der Waals surface area contributed by atoms with E-state index in [1.807, 2.05) is 6.92 Å². The first kappa shape index (κ1) is 7.98. The van der Waals surface area contributed by atoms with Crippen LogP contribution in [0.1, 0.15) is 19.8 Å². The van der Waals surface area contributed by atoms with Crippen molar-refractivity contribution < 1.29 is 14.6 Å². The second-order valence-electron chi connectivity index (χ2n) is 2.73. The minimum absolute atomic E-state index is 0.119. The highest BCUT2D eigenvalue weighted by Crippen LogP contribution is 2.19. The fraction of sp³-hybridized carbons (Fsp3) is 1.00. The number of aliphatic hydroxyl groups excluding tert-OH is 1. The number of hydrogen-bond acceptors (Lipinski definition) is 3. The van der Waals surface area contributed by atoms with Crippen molar-refractivity contribution in [1.82, 2.24) is 0 Å². The van der Waals surface area contributed by atoms with Gasteiger partial charge in [-0.25, -0.2) is 0 Å². The Morgan fingerprint density at radius 2 is 2.20 bits per heavy atom. The number of ether oxygens (including phenoxy) is 2. The fourth-order valence-electron chi connectivity index (χ4n) is 1.26. The molecule has 0 aromatic carbocycles. The predicted molar refractivity (Wildman–Crippen MR) is 36.6 cm³/mol. The van der Waals surface area contributed by atoms with Crippen LogP contribution in [0.15, 0.2) is 0 Å². The van der Waals surface area contributed by atoms with Crippen molar-refractivity contribution in [2.75, 3.05) is 7.11 Å². The third-order valence-corrected chi connectivity index (χ3v) is 1.78. The molecule has 3 heteroatoms. The molecule has 0 saturated carbocycles. The van der Waals surface area contributed by atoms with Gasteiger partial charge in [-0.2, -0.15) is 0 Å². The molecule has 1 aliphatic heterocycles. The van der Waals surface area contributed by atoms with Crippen LogP contribution < -0.4 is 0 Å². The predicted octanol–water partition coefficient (Wildman–Crippen LogP) is 0.519. The lowest BCUT2D eigenvalue weighted by atomic mass is 10.1. The van der Waals surface area contributed by atoms with Crippen molar-refractivity contribution in [1.29, 1.82) is 0 Å². The molecule has 1 heterocycles. The third-order valence-electron chi connectivity index (χ3n) is 1.78. The van der Waals surface area contributed by atoms with Crippen molar-refractivity contribution in [3.05, 3.63) is 0 Å². The van der Waals surface area contributed by atoms with E-state index < -0.39 is 6.29 Å². The molecule has 1 saturated heterocycles. The molecule has 3 nitrogen and oxygen atoms in total. The summed E-state index contributed by atoms with van der Waals surface area (Å²) in [4.78, 5) is 0. The van der Waals surface area contributed by atoms with Crippen LogP contribution in [0, 0.1) is 0 Å². The first-order valence-electron chi connectivity index (χ1n) is 3.58. The summed E-state index contributed by atoms with van der Waals surface area (Å²) >= 11 is 0. The van der Waals surface area contributed by atoms with Crippen LogP contribution in [0.5, 0.6) is 0 Å². The lowest BCUT2D eigenvalue weighted by molar-refractivity contribution is -0.188. The zero-order chi connectivity index (χ0) is 7.56. The maximum absolute atomic E-state index is 9.08. The average molecular weight is 146 g/mol. The summed E-state index contributed by atoms with van der Waals surface area (Å²) < 4.78 is 10.2. The topological polar surface area (TPSA) is 38.7 Å². The molecule has 60 valence electrons. The summed E-state index contributed by atoms with van der Waals surface area (Å²) in [6.45, 7) is 1.94. The summed E-state index contributed by atoms with van der Waals surface area (Å²) in [5.41, 5.74) is 0. The summed E-state index contributed by atoms with van der Waals surface area (Å²) in [6, 6.07) is 0. The summed E-state index contributed by atoms with van der Waals surface area (Å²) in [5, 5.41) is 9.08. The van der Waals surface area contributed by atoms with Gasteiger partial charge in [0.2, 0.25) is 0 Å². The Hall–Kier alpha value is -0.120. The van der Waals surface area contributed by atoms with E-state index in [0.717, 1.165) is 6.42 Å². The van der Waals surface area contributed by atoms with Gasteiger partial charge in [0.25, 0.3) is 0 Å². The van der Waals surface area contributed by atoms with Gasteiger partial charge in [0.05, 0.1) is 12.2 Å². The highest BCUT2D eigenvalue weighted by atomic mass is 16.6. The van der Waals surface area contributed by atoms with Crippen LogP contribution in [0.4, 0.5) is 0 Å². The Balaban J connectivity index is 2.35. The molecular formula is C7H14O3. The quantitative estimate of drug-likeness (QED) is 0.586. The Kier molecular flexibility index (Phi) is 2.65. The van der Waals surface area contributed by atoms with Crippen LogP contribution in [-0.4, -0.2) is 30.7 Å². The van der Waals surface area contributed by atoms with Crippen molar-refractivity contribution in [3.8, 4) is 0 Å². The van der Waals surface area contributed by atoms with E-state index in [-0.39, 0.29) is 12.2 Å². The smallest absolute Gasteiger partial charge is 0.157 e. The van der Waals surface area contributed by atoms with E-state index in [9.17, 15) is 0 Å². The summed E-state index contributed by atoms with van der Waals surface area (Å²) in [6.07, 6.45) is 1.13. The molecule has 1 N–H and O–H groups in total. The van der Waals surface area contributed by atoms with Crippen molar-refractivity contribution >= 4 is 0 Å². The first-order valence-corrected chi connectivity index (χ1v) is 3.58. The van der Waals surface area contributed by atoms with Gasteiger partial charge in [-0.3, -0.25) is 0 Å². The van der Waals surface area contributed by atoms with E-state index >= 15 is 0 Å². The zero-order valence-corrected chi connectivity index (χ0v) is 6.41. The summed E-state index contributed by atoms with van der Waals surface area (Å²) in [7, 11) is 1.66. The maximum atomic E-state index is 9.08.